The first-order valence-electron chi connectivity index (χ1n) is 10.2. The maximum Gasteiger partial charge on any atom is 0.229 e. The summed E-state index contributed by atoms with van der Waals surface area (Å²) < 4.78 is 16.2. The Labute approximate surface area is 191 Å². The number of aromatic nitrogens is 1. The molecule has 0 saturated heterocycles. The maximum atomic E-state index is 13.2. The molecule has 7 heteroatoms. The third-order valence-electron chi connectivity index (χ3n) is 5.01. The summed E-state index contributed by atoms with van der Waals surface area (Å²) in [6.07, 6.45) is 1.84. The minimum Gasteiger partial charge on any atom is -0.493 e. The molecule has 0 aliphatic heterocycles. The smallest absolute Gasteiger partial charge is 0.229 e. The third kappa shape index (κ3) is 5.18. The summed E-state index contributed by atoms with van der Waals surface area (Å²) in [7, 11) is 3.21. The minimum absolute atomic E-state index is 0.00517. The highest BCUT2D eigenvalue weighted by molar-refractivity contribution is 7.13. The monoisotopic (exact) mass is 448 g/mol. The van der Waals surface area contributed by atoms with Gasteiger partial charge in [-0.15, -0.1) is 11.3 Å². The fourth-order valence-electron chi connectivity index (χ4n) is 3.38. The number of ether oxygens (including phenoxy) is 2. The summed E-state index contributed by atoms with van der Waals surface area (Å²) in [4.78, 5) is 19.7. The molecular formula is C25H24N2O4S. The molecule has 4 aromatic rings. The zero-order valence-electron chi connectivity index (χ0n) is 18.0. The number of amides is 1. The molecule has 4 rings (SSSR count). The lowest BCUT2D eigenvalue weighted by atomic mass is 10.2. The Balaban J connectivity index is 1.50. The summed E-state index contributed by atoms with van der Waals surface area (Å²) in [5.74, 6) is 2.05. The molecule has 2 aromatic carbocycles. The molecule has 164 valence electrons. The van der Waals surface area contributed by atoms with E-state index in [4.69, 9.17) is 13.9 Å². The van der Waals surface area contributed by atoms with Crippen LogP contribution in [0.2, 0.25) is 0 Å². The molecule has 0 fully saturated rings. The van der Waals surface area contributed by atoms with Crippen molar-refractivity contribution >= 4 is 17.2 Å². The largest absolute Gasteiger partial charge is 0.493 e. The van der Waals surface area contributed by atoms with Crippen molar-refractivity contribution in [3.8, 4) is 22.1 Å². The number of thiazole rings is 1. The van der Waals surface area contributed by atoms with Gasteiger partial charge in [0.25, 0.3) is 0 Å². The molecule has 0 atom stereocenters. The highest BCUT2D eigenvalue weighted by Crippen LogP contribution is 2.33. The van der Waals surface area contributed by atoms with Gasteiger partial charge in [0.1, 0.15) is 10.8 Å². The van der Waals surface area contributed by atoms with Crippen LogP contribution < -0.4 is 9.47 Å². The number of hydrogen-bond donors (Lipinski definition) is 0. The van der Waals surface area contributed by atoms with E-state index in [9.17, 15) is 4.79 Å². The van der Waals surface area contributed by atoms with Gasteiger partial charge in [0.15, 0.2) is 11.5 Å². The number of benzene rings is 2. The van der Waals surface area contributed by atoms with Gasteiger partial charge in [-0.3, -0.25) is 4.79 Å². The van der Waals surface area contributed by atoms with E-state index in [1.807, 2.05) is 66.0 Å². The van der Waals surface area contributed by atoms with Gasteiger partial charge < -0.3 is 18.8 Å². The van der Waals surface area contributed by atoms with Gasteiger partial charge in [-0.1, -0.05) is 30.3 Å². The number of furan rings is 1. The van der Waals surface area contributed by atoms with Crippen molar-refractivity contribution < 1.29 is 18.7 Å². The SMILES string of the molecule is COc1ccc(-c2nc(CC(=O)N(Cc3ccccc3)Cc3ccco3)cs2)cc1OC. The fraction of sp³-hybridized carbons (Fsp3) is 0.200. The van der Waals surface area contributed by atoms with Gasteiger partial charge in [0.05, 0.1) is 39.1 Å². The zero-order valence-corrected chi connectivity index (χ0v) is 18.8. The van der Waals surface area contributed by atoms with E-state index in [0.29, 0.717) is 24.6 Å². The average molecular weight is 449 g/mol. The quantitative estimate of drug-likeness (QED) is 0.352. The van der Waals surface area contributed by atoms with Crippen LogP contribution in [0.3, 0.4) is 0 Å². The molecule has 0 bridgehead atoms. The first-order chi connectivity index (χ1) is 15.7. The highest BCUT2D eigenvalue weighted by atomic mass is 32.1. The van der Waals surface area contributed by atoms with Crippen molar-refractivity contribution in [2.24, 2.45) is 0 Å². The second-order valence-electron chi connectivity index (χ2n) is 7.21. The number of methoxy groups -OCH3 is 2. The van der Waals surface area contributed by atoms with Crippen molar-refractivity contribution in [3.05, 3.63) is 89.3 Å². The molecule has 0 saturated carbocycles. The van der Waals surface area contributed by atoms with Gasteiger partial charge in [-0.05, 0) is 35.9 Å². The van der Waals surface area contributed by atoms with Crippen LogP contribution in [0.4, 0.5) is 0 Å². The van der Waals surface area contributed by atoms with Crippen molar-refractivity contribution in [3.63, 3.8) is 0 Å². The van der Waals surface area contributed by atoms with Crippen LogP contribution in [-0.2, 0) is 24.3 Å². The summed E-state index contributed by atoms with van der Waals surface area (Å²) in [5.41, 5.74) is 2.72. The average Bonchev–Trinajstić information content (AvgIpc) is 3.51. The Hall–Kier alpha value is -3.58. The van der Waals surface area contributed by atoms with Crippen LogP contribution >= 0.6 is 11.3 Å². The first-order valence-corrected chi connectivity index (χ1v) is 11.0. The number of carbonyl (C=O) groups is 1. The van der Waals surface area contributed by atoms with E-state index in [1.54, 1.807) is 25.4 Å². The topological polar surface area (TPSA) is 64.8 Å². The van der Waals surface area contributed by atoms with Crippen molar-refractivity contribution in [2.45, 2.75) is 19.5 Å². The first kappa shape index (κ1) is 21.6. The van der Waals surface area contributed by atoms with Crippen LogP contribution in [0, 0.1) is 0 Å². The molecule has 32 heavy (non-hydrogen) atoms. The van der Waals surface area contributed by atoms with Crippen LogP contribution in [0.15, 0.2) is 76.7 Å². The van der Waals surface area contributed by atoms with Gasteiger partial charge in [0.2, 0.25) is 5.91 Å². The van der Waals surface area contributed by atoms with Crippen molar-refractivity contribution in [2.75, 3.05) is 14.2 Å². The number of nitrogens with zero attached hydrogens (tertiary/aromatic N) is 2. The Morgan fingerprint density at radius 3 is 2.53 bits per heavy atom. The molecule has 2 aromatic heterocycles. The third-order valence-corrected chi connectivity index (χ3v) is 5.95. The Morgan fingerprint density at radius 1 is 1.00 bits per heavy atom. The predicted octanol–water partition coefficient (Wildman–Crippen LogP) is 5.19. The number of carbonyl (C=O) groups excluding carboxylic acids is 1. The Kier molecular flexibility index (Phi) is 6.87. The lowest BCUT2D eigenvalue weighted by molar-refractivity contribution is -0.132. The predicted molar refractivity (Wildman–Crippen MR) is 124 cm³/mol. The van der Waals surface area contributed by atoms with Crippen LogP contribution in [-0.4, -0.2) is 30.0 Å². The molecule has 6 nitrogen and oxygen atoms in total. The summed E-state index contributed by atoms with van der Waals surface area (Å²) >= 11 is 1.50. The molecule has 2 heterocycles. The number of hydrogen-bond acceptors (Lipinski definition) is 6. The fourth-order valence-corrected chi connectivity index (χ4v) is 4.20. The Morgan fingerprint density at radius 2 is 1.81 bits per heavy atom. The normalized spacial score (nSPS) is 10.7. The van der Waals surface area contributed by atoms with Crippen LogP contribution in [0.5, 0.6) is 11.5 Å². The summed E-state index contributed by atoms with van der Waals surface area (Å²) in [6, 6.07) is 19.3. The van der Waals surface area contributed by atoms with Gasteiger partial charge in [-0.2, -0.15) is 0 Å². The van der Waals surface area contributed by atoms with E-state index in [1.165, 1.54) is 11.3 Å². The van der Waals surface area contributed by atoms with Crippen molar-refractivity contribution in [1.29, 1.82) is 0 Å². The number of rotatable bonds is 9. The minimum atomic E-state index is -0.00517. The molecule has 0 spiro atoms. The molecule has 1 amide bonds. The van der Waals surface area contributed by atoms with E-state index in [2.05, 4.69) is 4.98 Å². The molecule has 0 unspecified atom stereocenters. The van der Waals surface area contributed by atoms with E-state index in [0.717, 1.165) is 27.6 Å². The van der Waals surface area contributed by atoms with Gasteiger partial charge in [-0.25, -0.2) is 4.98 Å². The second-order valence-corrected chi connectivity index (χ2v) is 8.06. The molecule has 0 aliphatic carbocycles. The van der Waals surface area contributed by atoms with E-state index in [-0.39, 0.29) is 12.3 Å². The van der Waals surface area contributed by atoms with E-state index < -0.39 is 0 Å². The van der Waals surface area contributed by atoms with Crippen molar-refractivity contribution in [1.82, 2.24) is 9.88 Å². The van der Waals surface area contributed by atoms with E-state index >= 15 is 0 Å². The zero-order chi connectivity index (χ0) is 22.3. The highest BCUT2D eigenvalue weighted by Gasteiger charge is 2.18. The molecule has 0 aliphatic rings. The van der Waals surface area contributed by atoms with Gasteiger partial charge >= 0.3 is 0 Å². The van der Waals surface area contributed by atoms with Crippen LogP contribution in [0.1, 0.15) is 17.0 Å². The summed E-state index contributed by atoms with van der Waals surface area (Å²) in [6.45, 7) is 0.917. The lowest BCUT2D eigenvalue weighted by Crippen LogP contribution is -2.31. The lowest BCUT2D eigenvalue weighted by Gasteiger charge is -2.21. The van der Waals surface area contributed by atoms with Crippen LogP contribution in [0.25, 0.3) is 10.6 Å². The molecule has 0 N–H and O–H groups in total. The summed E-state index contributed by atoms with van der Waals surface area (Å²) in [5, 5.41) is 2.76. The molecule has 0 radical (unpaired) electrons. The molecular weight excluding hydrogens is 424 g/mol. The Bertz CT molecular complexity index is 1160. The standard InChI is InChI=1S/C25H24N2O4S/c1-29-22-11-10-19(13-23(22)30-2)25-26-20(17-32-25)14-24(28)27(16-21-9-6-12-31-21)15-18-7-4-3-5-8-18/h3-13,17H,14-16H2,1-2H3. The van der Waals surface area contributed by atoms with Gasteiger partial charge in [0, 0.05) is 17.5 Å². The second kappa shape index (κ2) is 10.2. The maximum absolute atomic E-state index is 13.2.